The second kappa shape index (κ2) is 37.7. The van der Waals surface area contributed by atoms with E-state index in [2.05, 4.69) is 46.9 Å². The smallest absolute Gasteiger partial charge is 0.326 e. The number of carbonyl (C=O) groups is 11. The molecule has 34 nitrogen and oxygen atoms in total. The molecule has 1 aromatic heterocycles. The Morgan fingerprint density at radius 3 is 1.83 bits per heavy atom. The zero-order chi connectivity index (χ0) is 74.4. The van der Waals surface area contributed by atoms with E-state index in [0.29, 0.717) is 29.7 Å². The number of hydrogen-bond donors (Lipinski definition) is 16. The molecule has 8 rings (SSSR count). The number of aryl methyl sites for hydroxylation is 1. The number of hydrogen-bond acceptors (Lipinski definition) is 18. The number of carboxylic acid groups (broad SMARTS) is 1. The van der Waals surface area contributed by atoms with Gasteiger partial charge in [-0.15, -0.1) is 11.3 Å². The van der Waals surface area contributed by atoms with Crippen LogP contribution in [0.5, 0.6) is 5.75 Å². The third-order valence-electron chi connectivity index (χ3n) is 19.3. The minimum absolute atomic E-state index is 0.00152. The number of aromatic hydroxyl groups is 1. The molecule has 0 bridgehead atoms. The molecule has 0 unspecified atom stereocenters. The molecular weight excluding hydrogens is 1350 g/mol. The Morgan fingerprint density at radius 1 is 0.583 bits per heavy atom. The van der Waals surface area contributed by atoms with Crippen molar-refractivity contribution < 1.29 is 73.2 Å². The summed E-state index contributed by atoms with van der Waals surface area (Å²) in [5.74, 6) is -9.19. The number of phenolic OH excluding ortho intramolecular Hbond substituents is 1. The molecule has 560 valence electrons. The summed E-state index contributed by atoms with van der Waals surface area (Å²) in [4.78, 5) is 175. The Labute approximate surface area is 599 Å². The lowest BCUT2D eigenvalue weighted by Crippen LogP contribution is -2.63. The number of nitrogens with one attached hydrogen (secondary N) is 6. The van der Waals surface area contributed by atoms with Crippen molar-refractivity contribution in [1.29, 1.82) is 0 Å². The van der Waals surface area contributed by atoms with Crippen LogP contribution in [0.2, 0.25) is 0 Å². The lowest BCUT2D eigenvalue weighted by atomic mass is 9.84. The van der Waals surface area contributed by atoms with Crippen LogP contribution < -0.4 is 66.3 Å². The summed E-state index contributed by atoms with van der Waals surface area (Å²) in [6, 6.07) is 4.68. The zero-order valence-corrected chi connectivity index (χ0v) is 58.3. The monoisotopic (exact) mass is 1450 g/mol. The normalized spacial score (nSPS) is 21.2. The maximum Gasteiger partial charge on any atom is 0.326 e. The summed E-state index contributed by atoms with van der Waals surface area (Å²) in [7, 11) is 0. The molecule has 10 amide bonds. The highest BCUT2D eigenvalue weighted by Gasteiger charge is 2.52. The average molecular weight is 1450 g/mol. The number of β-amino-alcohol motifs (C(OH)–C–C–N with tert-alkyl or cyclic N) is 1. The van der Waals surface area contributed by atoms with Gasteiger partial charge in [-0.2, -0.15) is 0 Å². The molecule has 5 aliphatic rings. The van der Waals surface area contributed by atoms with Crippen LogP contribution >= 0.6 is 11.3 Å². The van der Waals surface area contributed by atoms with Gasteiger partial charge in [0.25, 0.3) is 0 Å². The van der Waals surface area contributed by atoms with E-state index in [1.807, 2.05) is 6.07 Å². The first-order valence-electron chi connectivity index (χ1n) is 34.9. The highest BCUT2D eigenvalue weighted by Crippen LogP contribution is 2.41. The summed E-state index contributed by atoms with van der Waals surface area (Å²) in [5.41, 5.74) is 35.3. The van der Waals surface area contributed by atoms with Crippen LogP contribution in [0.1, 0.15) is 118 Å². The molecule has 1 aliphatic carbocycles. The number of fused-ring (bicyclic) bond motifs is 2. The Hall–Kier alpha value is -10.2. The van der Waals surface area contributed by atoms with E-state index in [-0.39, 0.29) is 152 Å². The van der Waals surface area contributed by atoms with Crippen LogP contribution in [0.15, 0.2) is 81.0 Å². The number of aliphatic hydroxyl groups excluding tert-OH is 2. The van der Waals surface area contributed by atoms with Gasteiger partial charge in [-0.25, -0.2) is 4.79 Å². The first-order chi connectivity index (χ1) is 49.3. The second-order valence-corrected chi connectivity index (χ2v) is 27.6. The molecule has 2 aromatic carbocycles. The van der Waals surface area contributed by atoms with E-state index < -0.39 is 145 Å². The molecule has 1 saturated carbocycles. The van der Waals surface area contributed by atoms with E-state index in [1.54, 1.807) is 47.8 Å². The number of amides is 10. The number of benzene rings is 2. The van der Waals surface area contributed by atoms with Crippen LogP contribution in [0, 0.1) is 5.92 Å². The van der Waals surface area contributed by atoms with Crippen LogP contribution in [0.4, 0.5) is 0 Å². The largest absolute Gasteiger partial charge is 0.508 e. The van der Waals surface area contributed by atoms with Gasteiger partial charge in [0.2, 0.25) is 59.1 Å². The van der Waals surface area contributed by atoms with Crippen LogP contribution in [0.3, 0.4) is 0 Å². The third-order valence-corrected chi connectivity index (χ3v) is 20.2. The lowest BCUT2D eigenvalue weighted by Gasteiger charge is -2.42. The summed E-state index contributed by atoms with van der Waals surface area (Å²) in [5, 5.41) is 59.5. The van der Waals surface area contributed by atoms with Crippen LogP contribution in [0.25, 0.3) is 0 Å². The fraction of sp³-hybridized carbons (Fsp3) is 0.559. The van der Waals surface area contributed by atoms with Gasteiger partial charge in [-0.3, -0.25) is 62.9 Å². The summed E-state index contributed by atoms with van der Waals surface area (Å²) < 4.78 is 0. The van der Waals surface area contributed by atoms with E-state index in [9.17, 15) is 63.6 Å². The predicted molar refractivity (Wildman–Crippen MR) is 378 cm³/mol. The Bertz CT molecular complexity index is 3590. The van der Waals surface area contributed by atoms with Gasteiger partial charge >= 0.3 is 5.97 Å². The summed E-state index contributed by atoms with van der Waals surface area (Å²) >= 11 is 1.26. The number of carbonyl (C=O) groups excluding carboxylic acids is 10. The number of carboxylic acids is 1. The molecule has 22 N–H and O–H groups in total. The fourth-order valence-electron chi connectivity index (χ4n) is 14.2. The molecule has 4 fully saturated rings. The molecule has 5 heterocycles. The van der Waals surface area contributed by atoms with E-state index in [0.717, 1.165) is 28.9 Å². The van der Waals surface area contributed by atoms with Crippen molar-refractivity contribution in [2.24, 2.45) is 55.3 Å². The molecule has 0 radical (unpaired) electrons. The van der Waals surface area contributed by atoms with Gasteiger partial charge < -0.3 is 106 Å². The topological polar surface area (TPSA) is 547 Å². The van der Waals surface area contributed by atoms with Crippen molar-refractivity contribution in [2.45, 2.75) is 189 Å². The standard InChI is InChI=1S/C68H97N19O15S/c69-66(70)75-25-5-14-45(79-55(91)24-21-38-19-22-42(89)23-20-38)57(93)81-46(15-6-26-76-67(71)72)61(97)84-28-8-18-51(84)63(99)86-36-43(90)32-52(86)59(95)78-34-56(92)80-48(33-44-13-9-29-103-44)58(94)83-49(37-88)62(98)85-35-41-12-2-1-10-39(41)30-54(85)64(100)87-50-17-4-3-11-40(50)31-53(87)60(96)82-47(65(101)102)16-7-27-77-68(73)74/h1-2,9-10,12-13,19-20,22-23,29,40,43,45-54,88-90H,3-8,11,14-18,21,24-28,30-37H2,(H,78,95)(H,79,91)(H,80,92)(H,81,93)(H,82,96)(H,83,94)(H,101,102)(H4,69,70,75)(H4,71,72,76)(H4,73,74,77)/t40-,43+,45+,46-,47-,48-,49-,50-,51-,52-,53-,54+/m0/s1. The summed E-state index contributed by atoms with van der Waals surface area (Å²) in [6.45, 7) is -1.80. The van der Waals surface area contributed by atoms with Gasteiger partial charge in [0.15, 0.2) is 17.9 Å². The maximum absolute atomic E-state index is 15.4. The van der Waals surface area contributed by atoms with Crippen molar-refractivity contribution in [3.05, 3.63) is 87.6 Å². The van der Waals surface area contributed by atoms with Gasteiger partial charge in [-0.05, 0) is 123 Å². The van der Waals surface area contributed by atoms with Crippen molar-refractivity contribution in [1.82, 2.24) is 51.5 Å². The Balaban J connectivity index is 0.930. The maximum atomic E-state index is 15.4. The van der Waals surface area contributed by atoms with Gasteiger partial charge in [-0.1, -0.05) is 55.3 Å². The number of phenols is 1. The van der Waals surface area contributed by atoms with E-state index in [1.165, 1.54) is 38.2 Å². The van der Waals surface area contributed by atoms with Crippen LogP contribution in [-0.2, 0) is 78.5 Å². The minimum Gasteiger partial charge on any atom is -0.508 e. The van der Waals surface area contributed by atoms with Gasteiger partial charge in [0.05, 0.1) is 19.3 Å². The number of nitrogens with two attached hydrogens (primary N) is 6. The number of guanidine groups is 3. The number of likely N-dealkylation sites (tertiary alicyclic amines) is 3. The van der Waals surface area contributed by atoms with E-state index in [4.69, 9.17) is 34.4 Å². The number of nitrogens with zero attached hydrogens (tertiary/aromatic N) is 7. The third kappa shape index (κ3) is 21.9. The van der Waals surface area contributed by atoms with Gasteiger partial charge in [0, 0.05) is 75.9 Å². The predicted octanol–water partition coefficient (Wildman–Crippen LogP) is -3.53. The second-order valence-electron chi connectivity index (χ2n) is 26.6. The average Bonchev–Trinajstić information content (AvgIpc) is 1.67. The fourth-order valence-corrected chi connectivity index (χ4v) is 14.9. The molecule has 4 aliphatic heterocycles. The molecule has 12 atom stereocenters. The van der Waals surface area contributed by atoms with Crippen LogP contribution in [-0.4, -0.2) is 235 Å². The first kappa shape index (κ1) is 78.6. The Kier molecular flexibility index (Phi) is 28.7. The quantitative estimate of drug-likeness (QED) is 0.0157. The Morgan fingerprint density at radius 2 is 1.19 bits per heavy atom. The van der Waals surface area contributed by atoms with Crippen molar-refractivity contribution in [3.8, 4) is 5.75 Å². The SMILES string of the molecule is NC(N)=NCCC[C@H](NC(=O)[C@@H]1C[C@@H]2CCCC[C@@H]2N1C(=O)[C@H]1Cc2ccccc2CN1C(=O)[C@H](CO)NC(=O)[C@H](Cc1cccs1)NC(=O)CNC(=O)[C@@H]1C[C@@H](O)CN1C(=O)[C@@H]1CCCN1C(=O)[C@H](CCCN=C(N)N)NC(=O)[C@@H](CCCN=C(N)N)NC(=O)CCc1ccc(O)cc1)C(=O)O. The number of aliphatic imine (C=N–C) groups is 3. The number of aliphatic carboxylic acids is 1. The van der Waals surface area contributed by atoms with Crippen molar-refractivity contribution >= 4 is 94.3 Å². The highest BCUT2D eigenvalue weighted by molar-refractivity contribution is 7.09. The van der Waals surface area contributed by atoms with Gasteiger partial charge in [0.1, 0.15) is 60.1 Å². The number of aliphatic hydroxyl groups is 2. The lowest BCUT2D eigenvalue weighted by molar-refractivity contribution is -0.153. The first-order valence-corrected chi connectivity index (χ1v) is 35.7. The molecule has 103 heavy (non-hydrogen) atoms. The summed E-state index contributed by atoms with van der Waals surface area (Å²) in [6.07, 6.45) is 2.95. The zero-order valence-electron chi connectivity index (χ0n) is 57.4. The highest BCUT2D eigenvalue weighted by atomic mass is 32.1. The molecule has 3 aromatic rings. The molecular formula is C68H97N19O15S. The molecule has 3 saturated heterocycles. The number of rotatable bonds is 34. The molecule has 35 heteroatoms. The van der Waals surface area contributed by atoms with Crippen molar-refractivity contribution in [3.63, 3.8) is 0 Å². The molecule has 0 spiro atoms. The van der Waals surface area contributed by atoms with E-state index >= 15 is 9.59 Å². The number of thiophene rings is 1. The minimum atomic E-state index is -1.69. The van der Waals surface area contributed by atoms with Crippen molar-refractivity contribution in [2.75, 3.05) is 45.9 Å².